The van der Waals surface area contributed by atoms with E-state index in [0.717, 1.165) is 12.8 Å². The Labute approximate surface area is 180 Å². The van der Waals surface area contributed by atoms with Gasteiger partial charge in [0.2, 0.25) is 0 Å². The molecule has 4 aromatic rings. The van der Waals surface area contributed by atoms with Gasteiger partial charge in [0.05, 0.1) is 17.1 Å². The highest BCUT2D eigenvalue weighted by Crippen LogP contribution is 2.40. The van der Waals surface area contributed by atoms with Gasteiger partial charge in [-0.15, -0.1) is 0 Å². The molecular weight excluding hydrogens is 388 g/mol. The summed E-state index contributed by atoms with van der Waals surface area (Å²) in [5.41, 5.74) is 3.82. The van der Waals surface area contributed by atoms with Gasteiger partial charge >= 0.3 is 0 Å². The van der Waals surface area contributed by atoms with Crippen LogP contribution in [0.4, 0.5) is 0 Å². The monoisotopic (exact) mass is 414 g/mol. The van der Waals surface area contributed by atoms with Crippen molar-refractivity contribution in [3.63, 3.8) is 0 Å². The minimum Gasteiger partial charge on any atom is -0.351 e. The predicted octanol–water partition coefficient (Wildman–Crippen LogP) is 4.12. The van der Waals surface area contributed by atoms with E-state index >= 15 is 0 Å². The molecule has 1 saturated carbocycles. The molecule has 0 saturated heterocycles. The molecule has 2 heterocycles. The Kier molecular flexibility index (Phi) is 4.85. The van der Waals surface area contributed by atoms with Crippen molar-refractivity contribution in [3.05, 3.63) is 81.8 Å². The highest BCUT2D eigenvalue weighted by Gasteiger charge is 2.35. The summed E-state index contributed by atoms with van der Waals surface area (Å²) < 4.78 is 1.63. The minimum absolute atomic E-state index is 0.0532. The van der Waals surface area contributed by atoms with Crippen molar-refractivity contribution in [1.82, 2.24) is 19.9 Å². The van der Waals surface area contributed by atoms with Crippen LogP contribution in [0.3, 0.4) is 0 Å². The fourth-order valence-electron chi connectivity index (χ4n) is 5.13. The number of hydrogen-bond donors (Lipinski definition) is 2. The summed E-state index contributed by atoms with van der Waals surface area (Å²) in [7, 11) is 0. The molecule has 0 bridgehead atoms. The normalized spacial score (nSPS) is 15.9. The number of carbonyl (C=O) groups is 1. The molecule has 31 heavy (non-hydrogen) atoms. The van der Waals surface area contributed by atoms with Gasteiger partial charge in [0.1, 0.15) is 11.2 Å². The first-order chi connectivity index (χ1) is 15.1. The number of rotatable bonds is 4. The number of hydrogen-bond acceptors (Lipinski definition) is 3. The van der Waals surface area contributed by atoms with Crippen molar-refractivity contribution in [3.8, 4) is 0 Å². The van der Waals surface area contributed by atoms with Gasteiger partial charge in [0, 0.05) is 12.0 Å². The smallest absolute Gasteiger partial charge is 0.259 e. The van der Waals surface area contributed by atoms with Gasteiger partial charge in [-0.25, -0.2) is 4.52 Å². The first-order valence-corrected chi connectivity index (χ1v) is 10.9. The lowest BCUT2D eigenvalue weighted by atomic mass is 9.68. The average Bonchev–Trinajstić information content (AvgIpc) is 3.23. The number of amides is 1. The van der Waals surface area contributed by atoms with Crippen LogP contribution in [-0.2, 0) is 5.41 Å². The summed E-state index contributed by atoms with van der Waals surface area (Å²) in [6.45, 7) is 2.72. The molecule has 1 aliphatic rings. The Morgan fingerprint density at radius 3 is 2.65 bits per heavy atom. The molecule has 2 aromatic carbocycles. The van der Waals surface area contributed by atoms with Crippen LogP contribution in [0, 0.1) is 6.92 Å². The van der Waals surface area contributed by atoms with Crippen LogP contribution in [0.5, 0.6) is 0 Å². The second-order valence-corrected chi connectivity index (χ2v) is 8.63. The standard InChI is InChI=1S/C25H26N4O2/c1-17-9-3-5-11-20(17)25(13-7-2-8-14-25)16-26-23(30)19-15-27-29-21-12-6-4-10-18(21)24(31)28-22(19)29/h3-6,9-12,15H,2,7-8,13-14,16H2,1H3,(H,26,30)(H,28,31). The van der Waals surface area contributed by atoms with E-state index in [4.69, 9.17) is 0 Å². The molecular formula is C25H26N4O2. The van der Waals surface area contributed by atoms with E-state index in [2.05, 4.69) is 46.6 Å². The molecule has 1 amide bonds. The average molecular weight is 415 g/mol. The molecule has 2 aromatic heterocycles. The number of fused-ring (bicyclic) bond motifs is 3. The number of aromatic nitrogens is 3. The molecule has 0 spiro atoms. The molecule has 0 radical (unpaired) electrons. The molecule has 5 rings (SSSR count). The van der Waals surface area contributed by atoms with Gasteiger partial charge in [-0.05, 0) is 43.0 Å². The number of aryl methyl sites for hydroxylation is 1. The number of aromatic amines is 1. The predicted molar refractivity (Wildman–Crippen MR) is 122 cm³/mol. The van der Waals surface area contributed by atoms with Crippen LogP contribution in [0.2, 0.25) is 0 Å². The Morgan fingerprint density at radius 2 is 1.84 bits per heavy atom. The molecule has 6 heteroatoms. The number of benzene rings is 2. The first kappa shape index (κ1) is 19.5. The molecule has 1 aliphatic carbocycles. The van der Waals surface area contributed by atoms with Crippen molar-refractivity contribution in [2.24, 2.45) is 0 Å². The zero-order chi connectivity index (χ0) is 21.4. The second-order valence-electron chi connectivity index (χ2n) is 8.63. The Bertz CT molecular complexity index is 1330. The van der Waals surface area contributed by atoms with Gasteiger partial charge in [0.15, 0.2) is 0 Å². The summed E-state index contributed by atoms with van der Waals surface area (Å²) >= 11 is 0. The van der Waals surface area contributed by atoms with E-state index in [1.807, 2.05) is 18.2 Å². The lowest BCUT2D eigenvalue weighted by molar-refractivity contribution is 0.0938. The van der Waals surface area contributed by atoms with Gasteiger partial charge in [-0.2, -0.15) is 5.10 Å². The summed E-state index contributed by atoms with van der Waals surface area (Å²) in [6, 6.07) is 15.8. The summed E-state index contributed by atoms with van der Waals surface area (Å²) in [5, 5.41) is 8.09. The fourth-order valence-corrected chi connectivity index (χ4v) is 5.13. The SMILES string of the molecule is Cc1ccccc1C1(CNC(=O)c2cnn3c2[nH]c(=O)c2ccccc23)CCCCC1. The maximum Gasteiger partial charge on any atom is 0.259 e. The third-order valence-corrected chi connectivity index (χ3v) is 6.74. The van der Waals surface area contributed by atoms with Crippen molar-refractivity contribution in [2.45, 2.75) is 44.4 Å². The molecule has 0 unspecified atom stereocenters. The zero-order valence-electron chi connectivity index (χ0n) is 17.6. The minimum atomic E-state index is -0.221. The third-order valence-electron chi connectivity index (χ3n) is 6.74. The van der Waals surface area contributed by atoms with E-state index in [1.54, 1.807) is 10.6 Å². The van der Waals surface area contributed by atoms with Crippen LogP contribution in [0.15, 0.2) is 59.5 Å². The lowest BCUT2D eigenvalue weighted by Crippen LogP contribution is -2.42. The maximum atomic E-state index is 13.2. The van der Waals surface area contributed by atoms with Gasteiger partial charge in [0.25, 0.3) is 11.5 Å². The molecule has 2 N–H and O–H groups in total. The number of carbonyl (C=O) groups excluding carboxylic acids is 1. The summed E-state index contributed by atoms with van der Waals surface area (Å²) in [4.78, 5) is 28.5. The maximum absolute atomic E-state index is 13.2. The van der Waals surface area contributed by atoms with Gasteiger partial charge < -0.3 is 10.3 Å². The Hall–Kier alpha value is -3.41. The topological polar surface area (TPSA) is 79.3 Å². The van der Waals surface area contributed by atoms with Crippen LogP contribution >= 0.6 is 0 Å². The number of nitrogens with zero attached hydrogens (tertiary/aromatic N) is 2. The molecule has 1 fully saturated rings. The van der Waals surface area contributed by atoms with Crippen LogP contribution in [0.1, 0.15) is 53.6 Å². The second kappa shape index (κ2) is 7.69. The molecule has 158 valence electrons. The van der Waals surface area contributed by atoms with E-state index in [9.17, 15) is 9.59 Å². The quantitative estimate of drug-likeness (QED) is 0.527. The highest BCUT2D eigenvalue weighted by atomic mass is 16.2. The van der Waals surface area contributed by atoms with E-state index in [-0.39, 0.29) is 16.9 Å². The third kappa shape index (κ3) is 3.32. The zero-order valence-corrected chi connectivity index (χ0v) is 17.6. The van der Waals surface area contributed by atoms with E-state index in [1.165, 1.54) is 36.6 Å². The van der Waals surface area contributed by atoms with E-state index in [0.29, 0.717) is 28.7 Å². The van der Waals surface area contributed by atoms with Gasteiger partial charge in [-0.1, -0.05) is 55.7 Å². The van der Waals surface area contributed by atoms with Crippen molar-refractivity contribution >= 4 is 22.5 Å². The Balaban J connectivity index is 1.48. The molecule has 6 nitrogen and oxygen atoms in total. The van der Waals surface area contributed by atoms with Crippen LogP contribution < -0.4 is 10.9 Å². The largest absolute Gasteiger partial charge is 0.351 e. The summed E-state index contributed by atoms with van der Waals surface area (Å²) in [6.07, 6.45) is 7.24. The number of H-pyrrole nitrogens is 1. The summed E-state index contributed by atoms with van der Waals surface area (Å²) in [5.74, 6) is -0.209. The van der Waals surface area contributed by atoms with Crippen molar-refractivity contribution in [1.29, 1.82) is 0 Å². The molecule has 0 atom stereocenters. The Morgan fingerprint density at radius 1 is 1.10 bits per heavy atom. The van der Waals surface area contributed by atoms with Crippen LogP contribution in [-0.4, -0.2) is 27.0 Å². The first-order valence-electron chi connectivity index (χ1n) is 10.9. The number of nitrogens with one attached hydrogen (secondary N) is 2. The van der Waals surface area contributed by atoms with Crippen molar-refractivity contribution in [2.75, 3.05) is 6.54 Å². The number of para-hydroxylation sites is 1. The lowest BCUT2D eigenvalue weighted by Gasteiger charge is -2.39. The fraction of sp³-hybridized carbons (Fsp3) is 0.320. The van der Waals surface area contributed by atoms with Crippen molar-refractivity contribution < 1.29 is 4.79 Å². The van der Waals surface area contributed by atoms with E-state index < -0.39 is 0 Å². The highest BCUT2D eigenvalue weighted by molar-refractivity contribution is 6.00. The van der Waals surface area contributed by atoms with Crippen LogP contribution in [0.25, 0.3) is 16.6 Å². The molecule has 0 aliphatic heterocycles. The van der Waals surface area contributed by atoms with Gasteiger partial charge in [-0.3, -0.25) is 9.59 Å².